The highest BCUT2D eigenvalue weighted by Gasteiger charge is 2.20. The first kappa shape index (κ1) is 18.7. The van der Waals surface area contributed by atoms with E-state index in [1.165, 1.54) is 12.1 Å². The molecule has 0 aromatic heterocycles. The minimum Gasteiger partial charge on any atom is -0.398 e. The van der Waals surface area contributed by atoms with Gasteiger partial charge in [0.15, 0.2) is 0 Å². The Hall–Kier alpha value is -0.340. The van der Waals surface area contributed by atoms with Crippen molar-refractivity contribution in [2.24, 2.45) is 0 Å². The lowest BCUT2D eigenvalue weighted by Gasteiger charge is -2.19. The van der Waals surface area contributed by atoms with Crippen LogP contribution in [0.25, 0.3) is 0 Å². The normalized spacial score (nSPS) is 12.0. The molecule has 0 aliphatic heterocycles. The smallest absolute Gasteiger partial charge is 0.241 e. The maximum Gasteiger partial charge on any atom is 0.241 e. The number of nitrogens with one attached hydrogen (secondary N) is 1. The van der Waals surface area contributed by atoms with Crippen LogP contribution in [0.15, 0.2) is 21.5 Å². The number of hydrogen-bond acceptors (Lipinski definition) is 4. The summed E-state index contributed by atoms with van der Waals surface area (Å²) < 4.78 is 27.5. The summed E-state index contributed by atoms with van der Waals surface area (Å²) in [5.41, 5.74) is 6.02. The van der Waals surface area contributed by atoms with Crippen LogP contribution in [0.5, 0.6) is 0 Å². The molecule has 0 aliphatic carbocycles. The number of rotatable bonds is 8. The van der Waals surface area contributed by atoms with Gasteiger partial charge in [-0.1, -0.05) is 25.4 Å². The Kier molecular flexibility index (Phi) is 7.42. The first-order chi connectivity index (χ1) is 9.81. The van der Waals surface area contributed by atoms with Crippen LogP contribution in [0.2, 0.25) is 5.02 Å². The number of nitrogen functional groups attached to an aromatic ring is 1. The van der Waals surface area contributed by atoms with E-state index >= 15 is 0 Å². The zero-order valence-corrected chi connectivity index (χ0v) is 15.4. The maximum absolute atomic E-state index is 12.3. The first-order valence-corrected chi connectivity index (χ1v) is 9.43. The molecule has 0 spiro atoms. The number of benzene rings is 1. The number of sulfonamides is 1. The van der Waals surface area contributed by atoms with E-state index in [1.807, 2.05) is 0 Å². The number of hydrogen-bond donors (Lipinski definition) is 2. The topological polar surface area (TPSA) is 75.4 Å². The Balaban J connectivity index is 2.79. The molecule has 1 rings (SSSR count). The van der Waals surface area contributed by atoms with E-state index in [0.717, 1.165) is 19.5 Å². The van der Waals surface area contributed by atoms with Crippen molar-refractivity contribution in [3.8, 4) is 0 Å². The molecule has 0 heterocycles. The van der Waals surface area contributed by atoms with E-state index in [4.69, 9.17) is 17.3 Å². The predicted octanol–water partition coefficient (Wildman–Crippen LogP) is 2.69. The van der Waals surface area contributed by atoms with Crippen LogP contribution in [-0.2, 0) is 10.0 Å². The van der Waals surface area contributed by atoms with Gasteiger partial charge in [0.05, 0.1) is 9.37 Å². The molecule has 0 atom stereocenters. The summed E-state index contributed by atoms with van der Waals surface area (Å²) in [7, 11) is -3.64. The lowest BCUT2D eigenvalue weighted by molar-refractivity contribution is 0.293. The van der Waals surface area contributed by atoms with Crippen molar-refractivity contribution in [3.63, 3.8) is 0 Å². The van der Waals surface area contributed by atoms with Crippen LogP contribution in [-0.4, -0.2) is 39.5 Å². The van der Waals surface area contributed by atoms with Gasteiger partial charge in [0.2, 0.25) is 10.0 Å². The summed E-state index contributed by atoms with van der Waals surface area (Å²) in [4.78, 5) is 2.25. The van der Waals surface area contributed by atoms with Crippen LogP contribution >= 0.6 is 27.5 Å². The first-order valence-electron chi connectivity index (χ1n) is 6.78. The molecule has 0 unspecified atom stereocenters. The Morgan fingerprint density at radius 3 is 2.57 bits per heavy atom. The zero-order valence-electron chi connectivity index (χ0n) is 12.2. The number of anilines is 1. The average molecular weight is 399 g/mol. The standard InChI is InChI=1S/C13H21BrClN3O2S/c1-3-6-18(4-2)7-5-17-21(19,20)12-9-10(15)8-11(16)13(12)14/h8-9,17H,3-7,16H2,1-2H3. The second kappa shape index (κ2) is 8.33. The van der Waals surface area contributed by atoms with Crippen LogP contribution < -0.4 is 10.5 Å². The van der Waals surface area contributed by atoms with Gasteiger partial charge in [0.25, 0.3) is 0 Å². The van der Waals surface area contributed by atoms with Crippen molar-refractivity contribution in [1.29, 1.82) is 0 Å². The molecule has 0 aliphatic rings. The highest BCUT2D eigenvalue weighted by molar-refractivity contribution is 9.10. The van der Waals surface area contributed by atoms with Crippen molar-refractivity contribution < 1.29 is 8.42 Å². The molecule has 1 aromatic carbocycles. The minimum absolute atomic E-state index is 0.0611. The molecule has 3 N–H and O–H groups in total. The fourth-order valence-corrected chi connectivity index (χ4v) is 4.25. The van der Waals surface area contributed by atoms with E-state index in [2.05, 4.69) is 39.4 Å². The molecule has 120 valence electrons. The van der Waals surface area contributed by atoms with Gasteiger partial charge in [-0.05, 0) is 47.6 Å². The number of halogens is 2. The van der Waals surface area contributed by atoms with Crippen molar-refractivity contribution in [2.75, 3.05) is 31.9 Å². The third-order valence-electron chi connectivity index (χ3n) is 3.03. The molecule has 5 nitrogen and oxygen atoms in total. The van der Waals surface area contributed by atoms with Gasteiger partial charge < -0.3 is 10.6 Å². The second-order valence-electron chi connectivity index (χ2n) is 4.64. The highest BCUT2D eigenvalue weighted by Crippen LogP contribution is 2.31. The largest absolute Gasteiger partial charge is 0.398 e. The summed E-state index contributed by atoms with van der Waals surface area (Å²) in [6, 6.07) is 2.89. The summed E-state index contributed by atoms with van der Waals surface area (Å²) >= 11 is 9.07. The van der Waals surface area contributed by atoms with Gasteiger partial charge in [-0.25, -0.2) is 13.1 Å². The lowest BCUT2D eigenvalue weighted by atomic mass is 10.3. The molecule has 0 radical (unpaired) electrons. The van der Waals surface area contributed by atoms with E-state index in [0.29, 0.717) is 23.2 Å². The summed E-state index contributed by atoms with van der Waals surface area (Å²) in [5, 5.41) is 0.289. The Morgan fingerprint density at radius 2 is 2.00 bits per heavy atom. The fourth-order valence-electron chi connectivity index (χ4n) is 1.94. The minimum atomic E-state index is -3.64. The molecular weight excluding hydrogens is 378 g/mol. The van der Waals surface area contributed by atoms with E-state index in [-0.39, 0.29) is 9.92 Å². The van der Waals surface area contributed by atoms with Gasteiger partial charge in [0.1, 0.15) is 0 Å². The van der Waals surface area contributed by atoms with E-state index < -0.39 is 10.0 Å². The summed E-state index contributed by atoms with van der Waals surface area (Å²) in [6.45, 7) is 7.00. The van der Waals surface area contributed by atoms with Crippen molar-refractivity contribution in [2.45, 2.75) is 25.2 Å². The molecule has 8 heteroatoms. The molecule has 1 aromatic rings. The maximum atomic E-state index is 12.3. The second-order valence-corrected chi connectivity index (χ2v) is 7.60. The molecule has 0 bridgehead atoms. The fraction of sp³-hybridized carbons (Fsp3) is 0.538. The molecule has 0 amide bonds. The number of nitrogens with two attached hydrogens (primary N) is 1. The third-order valence-corrected chi connectivity index (χ3v) is 5.88. The van der Waals surface area contributed by atoms with Gasteiger partial charge in [-0.2, -0.15) is 0 Å². The van der Waals surface area contributed by atoms with Gasteiger partial charge >= 0.3 is 0 Å². The predicted molar refractivity (Wildman–Crippen MR) is 91.2 cm³/mol. The van der Waals surface area contributed by atoms with Crippen LogP contribution in [0, 0.1) is 0 Å². The summed E-state index contributed by atoms with van der Waals surface area (Å²) in [6.07, 6.45) is 1.04. The van der Waals surface area contributed by atoms with E-state index in [9.17, 15) is 8.42 Å². The lowest BCUT2D eigenvalue weighted by Crippen LogP contribution is -2.35. The molecule has 0 saturated heterocycles. The Labute approximate surface area is 140 Å². The van der Waals surface area contributed by atoms with Gasteiger partial charge in [-0.15, -0.1) is 0 Å². The monoisotopic (exact) mass is 397 g/mol. The molecule has 0 saturated carbocycles. The SMILES string of the molecule is CCCN(CC)CCNS(=O)(=O)c1cc(Cl)cc(N)c1Br. The van der Waals surface area contributed by atoms with Crippen molar-refractivity contribution in [3.05, 3.63) is 21.6 Å². The van der Waals surface area contributed by atoms with Crippen LogP contribution in [0.3, 0.4) is 0 Å². The van der Waals surface area contributed by atoms with Crippen LogP contribution in [0.4, 0.5) is 5.69 Å². The average Bonchev–Trinajstić information content (AvgIpc) is 2.41. The Bertz CT molecular complexity index is 581. The van der Waals surface area contributed by atoms with Gasteiger partial charge in [-0.3, -0.25) is 0 Å². The van der Waals surface area contributed by atoms with Crippen LogP contribution in [0.1, 0.15) is 20.3 Å². The Morgan fingerprint density at radius 1 is 1.33 bits per heavy atom. The molecule has 21 heavy (non-hydrogen) atoms. The molecule has 0 fully saturated rings. The summed E-state index contributed by atoms with van der Waals surface area (Å²) in [5.74, 6) is 0. The van der Waals surface area contributed by atoms with Crippen molar-refractivity contribution in [1.82, 2.24) is 9.62 Å². The highest BCUT2D eigenvalue weighted by atomic mass is 79.9. The van der Waals surface area contributed by atoms with Gasteiger partial charge in [0, 0.05) is 23.8 Å². The third kappa shape index (κ3) is 5.41. The number of nitrogens with zero attached hydrogens (tertiary/aromatic N) is 1. The molecular formula is C13H21BrClN3O2S. The quantitative estimate of drug-likeness (QED) is 0.660. The van der Waals surface area contributed by atoms with E-state index in [1.54, 1.807) is 0 Å². The number of likely N-dealkylation sites (N-methyl/N-ethyl adjacent to an activating group) is 1. The van der Waals surface area contributed by atoms with Crippen molar-refractivity contribution >= 4 is 43.2 Å². The zero-order chi connectivity index (χ0) is 16.0.